The fraction of sp³-hybridized carbons (Fsp3) is 0.538. The van der Waals surface area contributed by atoms with E-state index in [1.807, 2.05) is 19.9 Å². The minimum atomic E-state index is -0.598. The molecule has 2 saturated heterocycles. The molecule has 180 valence electrons. The summed E-state index contributed by atoms with van der Waals surface area (Å²) in [6.45, 7) is 4.62. The lowest BCUT2D eigenvalue weighted by Crippen LogP contribution is -2.43. The van der Waals surface area contributed by atoms with E-state index in [0.29, 0.717) is 49.4 Å². The molecule has 0 radical (unpaired) electrons. The molecule has 8 heteroatoms. The average molecular weight is 485 g/mol. The van der Waals surface area contributed by atoms with Gasteiger partial charge in [0.1, 0.15) is 5.75 Å². The van der Waals surface area contributed by atoms with Crippen LogP contribution in [0.2, 0.25) is 5.02 Å². The summed E-state index contributed by atoms with van der Waals surface area (Å²) in [6.07, 6.45) is 4.19. The van der Waals surface area contributed by atoms with Crippen LogP contribution in [0.4, 0.5) is 0 Å². The van der Waals surface area contributed by atoms with Gasteiger partial charge in [0, 0.05) is 24.0 Å². The normalized spacial score (nSPS) is 32.6. The zero-order valence-electron chi connectivity index (χ0n) is 19.4. The minimum Gasteiger partial charge on any atom is -0.508 e. The highest BCUT2D eigenvalue weighted by atomic mass is 35.5. The second-order valence-corrected chi connectivity index (χ2v) is 10.3. The Balaban J connectivity index is 1.63. The van der Waals surface area contributed by atoms with E-state index in [4.69, 9.17) is 11.6 Å². The van der Waals surface area contributed by atoms with Gasteiger partial charge < -0.3 is 5.11 Å². The van der Waals surface area contributed by atoms with Crippen LogP contribution in [0.3, 0.4) is 0 Å². The SMILES string of the molecule is CCCN1C(=O)[C@H]2[C@H](CC=C3[C@H]2C[C@H]2C(=O)N(CCC)C(=O)[C@H]2[C@H]3c2ccc(O)cc2Cl)C1=O. The van der Waals surface area contributed by atoms with Crippen molar-refractivity contribution in [3.05, 3.63) is 40.4 Å². The highest BCUT2D eigenvalue weighted by Gasteiger charge is 2.61. The molecule has 0 aromatic heterocycles. The van der Waals surface area contributed by atoms with E-state index >= 15 is 0 Å². The molecule has 1 saturated carbocycles. The Kier molecular flexibility index (Phi) is 5.79. The van der Waals surface area contributed by atoms with Gasteiger partial charge in [0.25, 0.3) is 0 Å². The molecule has 1 aromatic rings. The summed E-state index contributed by atoms with van der Waals surface area (Å²) >= 11 is 6.57. The number of phenolic OH excluding ortho intramolecular Hbond substituents is 1. The molecule has 1 aromatic carbocycles. The van der Waals surface area contributed by atoms with Gasteiger partial charge in [-0.1, -0.05) is 43.2 Å². The third-order valence-electron chi connectivity index (χ3n) is 8.04. The van der Waals surface area contributed by atoms with Crippen molar-refractivity contribution in [3.8, 4) is 5.75 Å². The van der Waals surface area contributed by atoms with Gasteiger partial charge in [-0.25, -0.2) is 0 Å². The van der Waals surface area contributed by atoms with Crippen LogP contribution < -0.4 is 0 Å². The molecule has 7 nitrogen and oxygen atoms in total. The Hall–Kier alpha value is -2.67. The first-order valence-electron chi connectivity index (χ1n) is 12.2. The lowest BCUT2D eigenvalue weighted by atomic mass is 9.57. The van der Waals surface area contributed by atoms with Gasteiger partial charge in [0.05, 0.1) is 23.7 Å². The number of likely N-dealkylation sites (tertiary alicyclic amines) is 2. The van der Waals surface area contributed by atoms with Crippen molar-refractivity contribution in [2.45, 2.75) is 45.4 Å². The number of allylic oxidation sites excluding steroid dienone is 2. The smallest absolute Gasteiger partial charge is 0.234 e. The predicted octanol–water partition coefficient (Wildman–Crippen LogP) is 3.50. The minimum absolute atomic E-state index is 0.0172. The third kappa shape index (κ3) is 3.23. The molecule has 2 heterocycles. The van der Waals surface area contributed by atoms with Crippen LogP contribution in [0, 0.1) is 29.6 Å². The Morgan fingerprint density at radius 3 is 2.12 bits per heavy atom. The van der Waals surface area contributed by atoms with E-state index in [1.54, 1.807) is 6.07 Å². The van der Waals surface area contributed by atoms with Crippen LogP contribution in [0.1, 0.15) is 51.0 Å². The standard InChI is InChI=1S/C26H29ClN2O5/c1-3-9-28-23(31)16-8-7-14-17(21(16)25(28)33)12-18-22(26(34)29(10-4-2)24(18)32)20(14)15-6-5-13(30)11-19(15)27/h5-7,11,16-18,20-22,30H,3-4,8-10,12H2,1-2H3/t16-,17+,18+,20+,21-,22+/m0/s1. The average Bonchev–Trinajstić information content (AvgIpc) is 3.19. The number of imide groups is 2. The van der Waals surface area contributed by atoms with Gasteiger partial charge in [0.2, 0.25) is 23.6 Å². The predicted molar refractivity (Wildman–Crippen MR) is 125 cm³/mol. The van der Waals surface area contributed by atoms with Crippen molar-refractivity contribution in [2.24, 2.45) is 29.6 Å². The summed E-state index contributed by atoms with van der Waals surface area (Å²) in [7, 11) is 0. The summed E-state index contributed by atoms with van der Waals surface area (Å²) in [6, 6.07) is 4.68. The van der Waals surface area contributed by atoms with Crippen molar-refractivity contribution in [1.82, 2.24) is 9.80 Å². The molecule has 4 aliphatic rings. The molecular weight excluding hydrogens is 456 g/mol. The zero-order chi connectivity index (χ0) is 24.3. The molecule has 34 heavy (non-hydrogen) atoms. The number of halogens is 1. The number of rotatable bonds is 5. The third-order valence-corrected chi connectivity index (χ3v) is 8.37. The molecular formula is C26H29ClN2O5. The first-order chi connectivity index (χ1) is 16.3. The lowest BCUT2D eigenvalue weighted by Gasteiger charge is -2.44. The number of aromatic hydroxyl groups is 1. The van der Waals surface area contributed by atoms with Crippen molar-refractivity contribution < 1.29 is 24.3 Å². The van der Waals surface area contributed by atoms with Gasteiger partial charge in [0.15, 0.2) is 0 Å². The van der Waals surface area contributed by atoms with E-state index in [2.05, 4.69) is 0 Å². The van der Waals surface area contributed by atoms with Crippen LogP contribution in [0.15, 0.2) is 29.8 Å². The van der Waals surface area contributed by atoms with E-state index in [0.717, 1.165) is 5.57 Å². The number of carbonyl (C=O) groups is 4. The Morgan fingerprint density at radius 2 is 1.50 bits per heavy atom. The Morgan fingerprint density at radius 1 is 0.882 bits per heavy atom. The summed E-state index contributed by atoms with van der Waals surface area (Å²) < 4.78 is 0. The summed E-state index contributed by atoms with van der Waals surface area (Å²) in [5.41, 5.74) is 1.60. The number of fused-ring (bicyclic) bond motifs is 4. The number of nitrogens with zero attached hydrogens (tertiary/aromatic N) is 2. The number of phenols is 1. The Labute approximate surface area is 203 Å². The van der Waals surface area contributed by atoms with E-state index in [1.165, 1.54) is 21.9 Å². The molecule has 3 fully saturated rings. The largest absolute Gasteiger partial charge is 0.508 e. The molecule has 5 rings (SSSR count). The van der Waals surface area contributed by atoms with Crippen LogP contribution in [0.25, 0.3) is 0 Å². The molecule has 1 N–H and O–H groups in total. The van der Waals surface area contributed by atoms with E-state index < -0.39 is 29.6 Å². The number of amides is 4. The van der Waals surface area contributed by atoms with Crippen molar-refractivity contribution in [2.75, 3.05) is 13.1 Å². The fourth-order valence-corrected chi connectivity index (χ4v) is 7.02. The number of hydrogen-bond acceptors (Lipinski definition) is 5. The molecule has 0 spiro atoms. The van der Waals surface area contributed by atoms with E-state index in [-0.39, 0.29) is 35.3 Å². The van der Waals surface area contributed by atoms with Crippen LogP contribution in [-0.4, -0.2) is 51.6 Å². The molecule has 6 atom stereocenters. The maximum absolute atomic E-state index is 13.5. The van der Waals surface area contributed by atoms with Crippen LogP contribution in [-0.2, 0) is 19.2 Å². The summed E-state index contributed by atoms with van der Waals surface area (Å²) in [5, 5.41) is 10.2. The fourth-order valence-electron chi connectivity index (χ4n) is 6.72. The monoisotopic (exact) mass is 484 g/mol. The first kappa shape index (κ1) is 23.1. The van der Waals surface area contributed by atoms with Crippen molar-refractivity contribution in [3.63, 3.8) is 0 Å². The number of benzene rings is 1. The summed E-state index contributed by atoms with van der Waals surface area (Å²) in [5.74, 6) is -3.53. The molecule has 0 bridgehead atoms. The first-order valence-corrected chi connectivity index (χ1v) is 12.6. The second kappa shape index (κ2) is 8.52. The van der Waals surface area contributed by atoms with Crippen LogP contribution >= 0.6 is 11.6 Å². The molecule has 2 aliphatic heterocycles. The number of carbonyl (C=O) groups excluding carboxylic acids is 4. The zero-order valence-corrected chi connectivity index (χ0v) is 20.1. The van der Waals surface area contributed by atoms with Gasteiger partial charge in [-0.2, -0.15) is 0 Å². The van der Waals surface area contributed by atoms with Gasteiger partial charge in [-0.15, -0.1) is 0 Å². The van der Waals surface area contributed by atoms with Gasteiger partial charge in [-0.05, 0) is 49.3 Å². The van der Waals surface area contributed by atoms with Crippen LogP contribution in [0.5, 0.6) is 5.75 Å². The highest BCUT2D eigenvalue weighted by Crippen LogP contribution is 2.58. The van der Waals surface area contributed by atoms with E-state index in [9.17, 15) is 24.3 Å². The van der Waals surface area contributed by atoms with Crippen molar-refractivity contribution in [1.29, 1.82) is 0 Å². The molecule has 2 aliphatic carbocycles. The maximum atomic E-state index is 13.5. The van der Waals surface area contributed by atoms with Crippen molar-refractivity contribution >= 4 is 35.2 Å². The lowest BCUT2D eigenvalue weighted by molar-refractivity contribution is -0.142. The maximum Gasteiger partial charge on any atom is 0.234 e. The number of hydrogen-bond donors (Lipinski definition) is 1. The second-order valence-electron chi connectivity index (χ2n) is 9.89. The quantitative estimate of drug-likeness (QED) is 0.510. The summed E-state index contributed by atoms with van der Waals surface area (Å²) in [4.78, 5) is 56.1. The van der Waals surface area contributed by atoms with Gasteiger partial charge >= 0.3 is 0 Å². The molecule has 4 amide bonds. The Bertz CT molecular complexity index is 1110. The molecule has 0 unspecified atom stereocenters. The van der Waals surface area contributed by atoms with Gasteiger partial charge in [-0.3, -0.25) is 29.0 Å². The topological polar surface area (TPSA) is 95.0 Å². The highest BCUT2D eigenvalue weighted by molar-refractivity contribution is 6.31.